The van der Waals surface area contributed by atoms with Gasteiger partial charge in [0, 0.05) is 25.7 Å². The Hall–Kier alpha value is -1.94. The molecule has 0 heterocycles. The van der Waals surface area contributed by atoms with Gasteiger partial charge in [-0.3, -0.25) is 37.3 Å². The predicted octanol–water partition coefficient (Wildman–Crippen LogP) is 23.2. The molecule has 0 saturated heterocycles. The third kappa shape index (κ3) is 69.8. The molecule has 0 aliphatic rings. The van der Waals surface area contributed by atoms with Crippen molar-refractivity contribution in [2.24, 2.45) is 23.7 Å². The van der Waals surface area contributed by atoms with E-state index in [0.717, 1.165) is 114 Å². The third-order valence-electron chi connectivity index (χ3n) is 19.0. The summed E-state index contributed by atoms with van der Waals surface area (Å²) in [5.41, 5.74) is 0. The van der Waals surface area contributed by atoms with Crippen molar-refractivity contribution >= 4 is 39.5 Å². The summed E-state index contributed by atoms with van der Waals surface area (Å²) in [6.45, 7) is 14.2. The summed E-state index contributed by atoms with van der Waals surface area (Å²) in [6, 6.07) is 0. The lowest BCUT2D eigenvalue weighted by Crippen LogP contribution is -2.30. The molecule has 0 fully saturated rings. The lowest BCUT2D eigenvalue weighted by molar-refractivity contribution is -0.161. The molecule has 7 atom stereocenters. The third-order valence-corrected chi connectivity index (χ3v) is 20.9. The van der Waals surface area contributed by atoms with Gasteiger partial charge in [-0.2, -0.15) is 0 Å². The fourth-order valence-electron chi connectivity index (χ4n) is 12.0. The van der Waals surface area contributed by atoms with Gasteiger partial charge < -0.3 is 33.8 Å². The van der Waals surface area contributed by atoms with Crippen LogP contribution in [0, 0.1) is 23.7 Å². The summed E-state index contributed by atoms with van der Waals surface area (Å²) in [5, 5.41) is 10.6. The monoisotopic (exact) mass is 1440 g/mol. The van der Waals surface area contributed by atoms with Crippen molar-refractivity contribution in [2.75, 3.05) is 39.6 Å². The summed E-state index contributed by atoms with van der Waals surface area (Å²) in [5.74, 6) is 0.981. The minimum atomic E-state index is -4.96. The van der Waals surface area contributed by atoms with Gasteiger partial charge in [0.15, 0.2) is 12.2 Å². The normalized spacial score (nSPS) is 14.6. The molecule has 0 aliphatic heterocycles. The van der Waals surface area contributed by atoms with Crippen LogP contribution < -0.4 is 0 Å². The van der Waals surface area contributed by atoms with Gasteiger partial charge >= 0.3 is 39.5 Å². The summed E-state index contributed by atoms with van der Waals surface area (Å²) >= 11 is 0. The lowest BCUT2D eigenvalue weighted by Gasteiger charge is -2.21. The molecule has 0 aromatic carbocycles. The van der Waals surface area contributed by atoms with Crippen LogP contribution >= 0.6 is 15.6 Å². The second-order valence-corrected chi connectivity index (χ2v) is 32.8. The highest BCUT2D eigenvalue weighted by atomic mass is 31.2. The number of hydrogen-bond donors (Lipinski definition) is 3. The molecule has 0 rings (SSSR count). The van der Waals surface area contributed by atoms with E-state index in [2.05, 4.69) is 55.4 Å². The molecule has 0 bridgehead atoms. The molecule has 3 N–H and O–H groups in total. The Balaban J connectivity index is 5.16. The van der Waals surface area contributed by atoms with Gasteiger partial charge in [-0.15, -0.1) is 0 Å². The Morgan fingerprint density at radius 2 is 0.490 bits per heavy atom. The molecule has 0 radical (unpaired) electrons. The summed E-state index contributed by atoms with van der Waals surface area (Å²) < 4.78 is 68.6. The SMILES string of the molecule is CCC(C)CCCCCCCCCCCCCCCCCCCCC(=O)O[C@H](COC(=O)CCCCCCCCC(C)C)COP(=O)(O)OC[C@H](O)COP(=O)(O)OC[C@@H](COC(=O)CCCCCCCCCCCCCCC(C)C)OC(=O)CCCCCCCCCCC(C)CC. The molecule has 0 saturated carbocycles. The molecule has 98 heavy (non-hydrogen) atoms. The van der Waals surface area contributed by atoms with Crippen molar-refractivity contribution in [1.29, 1.82) is 0 Å². The second-order valence-electron chi connectivity index (χ2n) is 29.9. The molecule has 0 amide bonds. The van der Waals surface area contributed by atoms with E-state index in [9.17, 15) is 43.2 Å². The molecular weight excluding hydrogens is 1280 g/mol. The average Bonchev–Trinajstić information content (AvgIpc) is 1.04. The number of ether oxygens (including phenoxy) is 4. The fraction of sp³-hybridized carbons (Fsp3) is 0.949. The Morgan fingerprint density at radius 3 is 0.724 bits per heavy atom. The molecule has 19 heteroatoms. The molecule has 17 nitrogen and oxygen atoms in total. The number of aliphatic hydroxyl groups excluding tert-OH is 1. The van der Waals surface area contributed by atoms with Gasteiger partial charge in [0.2, 0.25) is 0 Å². The molecule has 582 valence electrons. The first-order valence-electron chi connectivity index (χ1n) is 40.8. The number of rotatable bonds is 76. The number of carbonyl (C=O) groups excluding carboxylic acids is 4. The Kier molecular flexibility index (Phi) is 66.8. The van der Waals surface area contributed by atoms with Crippen molar-refractivity contribution in [3.05, 3.63) is 0 Å². The minimum Gasteiger partial charge on any atom is -0.462 e. The highest BCUT2D eigenvalue weighted by Crippen LogP contribution is 2.45. The van der Waals surface area contributed by atoms with E-state index >= 15 is 0 Å². The molecule has 0 spiro atoms. The Labute approximate surface area is 600 Å². The number of aliphatic hydroxyl groups is 1. The highest BCUT2D eigenvalue weighted by molar-refractivity contribution is 7.47. The summed E-state index contributed by atoms with van der Waals surface area (Å²) in [4.78, 5) is 72.9. The molecular formula is C79H154O17P2. The Morgan fingerprint density at radius 1 is 0.286 bits per heavy atom. The second kappa shape index (κ2) is 68.2. The first-order valence-corrected chi connectivity index (χ1v) is 43.8. The zero-order valence-electron chi connectivity index (χ0n) is 64.4. The van der Waals surface area contributed by atoms with E-state index in [1.54, 1.807) is 0 Å². The standard InChI is InChI=1S/C79H154O17P2/c1-9-71(7)57-49-41-32-26-22-17-15-13-11-12-14-16-18-24-28-35-45-53-61-78(83)95-75(66-90-77(82)60-52-44-38-37-40-48-56-70(5)6)68-94-98(87,88)92-64-73(80)63-91-97(85,86)93-67-74(96-79(84)62-54-46-36-30-29-33-42-50-58-72(8)10-2)65-89-76(81)59-51-43-34-27-23-20-19-21-25-31-39-47-55-69(3)4/h69-75,80H,9-68H2,1-8H3,(H,85,86)(H,87,88)/t71?,72?,73-,74-,75-/m1/s1. The van der Waals surface area contributed by atoms with E-state index in [0.29, 0.717) is 31.6 Å². The maximum absolute atomic E-state index is 13.1. The number of phosphoric acid groups is 2. The van der Waals surface area contributed by atoms with Gasteiger partial charge in [-0.25, -0.2) is 9.13 Å². The zero-order valence-corrected chi connectivity index (χ0v) is 66.2. The number of esters is 4. The van der Waals surface area contributed by atoms with Crippen LogP contribution in [0.1, 0.15) is 402 Å². The van der Waals surface area contributed by atoms with Gasteiger partial charge in [0.1, 0.15) is 19.3 Å². The summed E-state index contributed by atoms with van der Waals surface area (Å²) in [7, 11) is -9.92. The number of carbonyl (C=O) groups is 4. The quantitative estimate of drug-likeness (QED) is 0.0222. The van der Waals surface area contributed by atoms with Crippen LogP contribution in [0.2, 0.25) is 0 Å². The van der Waals surface area contributed by atoms with Crippen molar-refractivity contribution in [1.82, 2.24) is 0 Å². The topological polar surface area (TPSA) is 237 Å². The maximum atomic E-state index is 13.1. The van der Waals surface area contributed by atoms with E-state index in [4.69, 9.17) is 37.0 Å². The zero-order chi connectivity index (χ0) is 72.4. The largest absolute Gasteiger partial charge is 0.472 e. The van der Waals surface area contributed by atoms with E-state index in [1.165, 1.54) is 199 Å². The van der Waals surface area contributed by atoms with Gasteiger partial charge in [-0.05, 0) is 49.4 Å². The van der Waals surface area contributed by atoms with Crippen molar-refractivity contribution in [3.63, 3.8) is 0 Å². The van der Waals surface area contributed by atoms with Crippen LogP contribution in [0.3, 0.4) is 0 Å². The number of unbranched alkanes of at least 4 members (excludes halogenated alkanes) is 40. The first-order chi connectivity index (χ1) is 47.2. The van der Waals surface area contributed by atoms with E-state index in [-0.39, 0.29) is 25.7 Å². The van der Waals surface area contributed by atoms with Crippen LogP contribution in [-0.4, -0.2) is 96.7 Å². The lowest BCUT2D eigenvalue weighted by atomic mass is 9.99. The van der Waals surface area contributed by atoms with E-state index in [1.807, 2.05) is 0 Å². The first kappa shape index (κ1) is 96.1. The van der Waals surface area contributed by atoms with Gasteiger partial charge in [-0.1, -0.05) is 351 Å². The van der Waals surface area contributed by atoms with Crippen LogP contribution in [0.4, 0.5) is 0 Å². The predicted molar refractivity (Wildman–Crippen MR) is 400 cm³/mol. The number of hydrogen-bond acceptors (Lipinski definition) is 15. The molecule has 4 unspecified atom stereocenters. The highest BCUT2D eigenvalue weighted by Gasteiger charge is 2.30. The van der Waals surface area contributed by atoms with Gasteiger partial charge in [0.25, 0.3) is 0 Å². The van der Waals surface area contributed by atoms with Crippen LogP contribution in [0.5, 0.6) is 0 Å². The maximum Gasteiger partial charge on any atom is 0.472 e. The van der Waals surface area contributed by atoms with Crippen molar-refractivity contribution < 1.29 is 80.2 Å². The summed E-state index contributed by atoms with van der Waals surface area (Å²) in [6.07, 6.45) is 54.3. The molecule has 0 aromatic heterocycles. The van der Waals surface area contributed by atoms with Crippen LogP contribution in [0.25, 0.3) is 0 Å². The van der Waals surface area contributed by atoms with Gasteiger partial charge in [0.05, 0.1) is 26.4 Å². The van der Waals surface area contributed by atoms with E-state index < -0.39 is 97.5 Å². The minimum absolute atomic E-state index is 0.105. The Bertz CT molecular complexity index is 1920. The van der Waals surface area contributed by atoms with Crippen molar-refractivity contribution in [2.45, 2.75) is 420 Å². The average molecular weight is 1440 g/mol. The molecule has 0 aromatic rings. The fourth-order valence-corrected chi connectivity index (χ4v) is 13.6. The molecule has 0 aliphatic carbocycles. The van der Waals surface area contributed by atoms with Crippen LogP contribution in [-0.2, 0) is 65.4 Å². The van der Waals surface area contributed by atoms with Crippen LogP contribution in [0.15, 0.2) is 0 Å². The smallest absolute Gasteiger partial charge is 0.462 e. The number of phosphoric ester groups is 2. The van der Waals surface area contributed by atoms with Crippen molar-refractivity contribution in [3.8, 4) is 0 Å².